The Balaban J connectivity index is 0.000000980. The summed E-state index contributed by atoms with van der Waals surface area (Å²) in [6.07, 6.45) is 0. The molecular formula is C11H18Cl2N2. The average molecular weight is 249 g/mol. The van der Waals surface area contributed by atoms with Crippen LogP contribution in [0, 0.1) is 0 Å². The highest BCUT2D eigenvalue weighted by Crippen LogP contribution is 2.14. The minimum Gasteiger partial charge on any atom is -0.369 e. The van der Waals surface area contributed by atoms with E-state index in [1.807, 2.05) is 0 Å². The molecular weight excluding hydrogens is 231 g/mol. The quantitative estimate of drug-likeness (QED) is 0.821. The fourth-order valence-corrected chi connectivity index (χ4v) is 1.81. The third-order valence-electron chi connectivity index (χ3n) is 2.49. The van der Waals surface area contributed by atoms with Crippen LogP contribution < -0.4 is 10.2 Å². The van der Waals surface area contributed by atoms with E-state index in [-0.39, 0.29) is 24.8 Å². The van der Waals surface area contributed by atoms with E-state index >= 15 is 0 Å². The van der Waals surface area contributed by atoms with Crippen LogP contribution in [-0.2, 0) is 0 Å². The van der Waals surface area contributed by atoms with Gasteiger partial charge < -0.3 is 10.2 Å². The smallest absolute Gasteiger partial charge is 0.0367 e. The van der Waals surface area contributed by atoms with Crippen LogP contribution >= 0.6 is 24.8 Å². The molecule has 1 aliphatic rings. The summed E-state index contributed by atoms with van der Waals surface area (Å²) in [6, 6.07) is 11.2. The van der Waals surface area contributed by atoms with Gasteiger partial charge >= 0.3 is 0 Å². The average Bonchev–Trinajstić information content (AvgIpc) is 2.19. The van der Waals surface area contributed by atoms with Crippen LogP contribution in [-0.4, -0.2) is 25.7 Å². The van der Waals surface area contributed by atoms with E-state index in [1.165, 1.54) is 5.69 Å². The van der Waals surface area contributed by atoms with Crippen LogP contribution in [0.2, 0.25) is 0 Å². The second-order valence-corrected chi connectivity index (χ2v) is 3.64. The molecule has 0 aliphatic carbocycles. The van der Waals surface area contributed by atoms with Crippen molar-refractivity contribution >= 4 is 30.5 Å². The van der Waals surface area contributed by atoms with E-state index in [2.05, 4.69) is 47.5 Å². The van der Waals surface area contributed by atoms with Crippen LogP contribution in [0.1, 0.15) is 6.92 Å². The number of nitrogens with one attached hydrogen (secondary N) is 1. The molecule has 1 saturated heterocycles. The van der Waals surface area contributed by atoms with E-state index < -0.39 is 0 Å². The van der Waals surface area contributed by atoms with Gasteiger partial charge in [-0.25, -0.2) is 0 Å². The monoisotopic (exact) mass is 248 g/mol. The van der Waals surface area contributed by atoms with Gasteiger partial charge in [0, 0.05) is 31.4 Å². The lowest BCUT2D eigenvalue weighted by molar-refractivity contribution is 0.485. The number of rotatable bonds is 1. The SMILES string of the molecule is C[C@@H]1CN(c2ccccc2)CCN1.Cl.Cl. The van der Waals surface area contributed by atoms with Crippen molar-refractivity contribution in [2.75, 3.05) is 24.5 Å². The first-order valence-electron chi connectivity index (χ1n) is 4.89. The zero-order valence-corrected chi connectivity index (χ0v) is 10.5. The molecule has 0 saturated carbocycles. The molecule has 0 bridgehead atoms. The molecule has 0 unspecified atom stereocenters. The van der Waals surface area contributed by atoms with Gasteiger partial charge in [-0.3, -0.25) is 0 Å². The number of hydrogen-bond acceptors (Lipinski definition) is 2. The topological polar surface area (TPSA) is 15.3 Å². The minimum absolute atomic E-state index is 0. The summed E-state index contributed by atoms with van der Waals surface area (Å²) >= 11 is 0. The fourth-order valence-electron chi connectivity index (χ4n) is 1.81. The summed E-state index contributed by atoms with van der Waals surface area (Å²) in [7, 11) is 0. The lowest BCUT2D eigenvalue weighted by atomic mass is 10.2. The van der Waals surface area contributed by atoms with Crippen LogP contribution in [0.4, 0.5) is 5.69 Å². The second-order valence-electron chi connectivity index (χ2n) is 3.64. The standard InChI is InChI=1S/C11H16N2.2ClH/c1-10-9-13(8-7-12-10)11-5-3-2-4-6-11;;/h2-6,10,12H,7-9H2,1H3;2*1H/t10-;;/m1../s1. The molecule has 2 nitrogen and oxygen atoms in total. The first kappa shape index (κ1) is 14.6. The maximum Gasteiger partial charge on any atom is 0.0367 e. The Bertz CT molecular complexity index is 267. The summed E-state index contributed by atoms with van der Waals surface area (Å²) in [6.45, 7) is 5.56. The lowest BCUT2D eigenvalue weighted by Crippen LogP contribution is -2.49. The van der Waals surface area contributed by atoms with E-state index in [0.29, 0.717) is 6.04 Å². The van der Waals surface area contributed by atoms with Crippen LogP contribution in [0.25, 0.3) is 0 Å². The summed E-state index contributed by atoms with van der Waals surface area (Å²) in [4.78, 5) is 2.43. The Morgan fingerprint density at radius 1 is 1.20 bits per heavy atom. The van der Waals surface area contributed by atoms with Crippen molar-refractivity contribution in [2.45, 2.75) is 13.0 Å². The van der Waals surface area contributed by atoms with E-state index in [1.54, 1.807) is 0 Å². The molecule has 1 fully saturated rings. The van der Waals surface area contributed by atoms with Gasteiger partial charge in [-0.15, -0.1) is 24.8 Å². The molecule has 1 heterocycles. The largest absolute Gasteiger partial charge is 0.369 e. The molecule has 0 amide bonds. The number of piperazine rings is 1. The summed E-state index contributed by atoms with van der Waals surface area (Å²) < 4.78 is 0. The molecule has 1 aliphatic heterocycles. The number of benzene rings is 1. The number of anilines is 1. The van der Waals surface area contributed by atoms with Gasteiger partial charge in [-0.05, 0) is 19.1 Å². The zero-order chi connectivity index (χ0) is 9.10. The van der Waals surface area contributed by atoms with E-state index in [4.69, 9.17) is 0 Å². The van der Waals surface area contributed by atoms with Gasteiger partial charge in [0.2, 0.25) is 0 Å². The van der Waals surface area contributed by atoms with Crippen molar-refractivity contribution in [3.8, 4) is 0 Å². The highest BCUT2D eigenvalue weighted by molar-refractivity contribution is 5.85. The Hall–Kier alpha value is -0.440. The van der Waals surface area contributed by atoms with Gasteiger partial charge in [0.05, 0.1) is 0 Å². The Labute approximate surface area is 104 Å². The highest BCUT2D eigenvalue weighted by Gasteiger charge is 2.14. The third-order valence-corrected chi connectivity index (χ3v) is 2.49. The number of para-hydroxylation sites is 1. The second kappa shape index (κ2) is 6.94. The summed E-state index contributed by atoms with van der Waals surface area (Å²) in [5.74, 6) is 0. The lowest BCUT2D eigenvalue weighted by Gasteiger charge is -2.33. The van der Waals surface area contributed by atoms with Crippen LogP contribution in [0.3, 0.4) is 0 Å². The first-order chi connectivity index (χ1) is 6.36. The Morgan fingerprint density at radius 3 is 2.47 bits per heavy atom. The molecule has 86 valence electrons. The number of hydrogen-bond donors (Lipinski definition) is 1. The van der Waals surface area contributed by atoms with Crippen molar-refractivity contribution in [1.29, 1.82) is 0 Å². The predicted octanol–water partition coefficient (Wildman–Crippen LogP) is 2.33. The molecule has 4 heteroatoms. The summed E-state index contributed by atoms with van der Waals surface area (Å²) in [5.41, 5.74) is 1.34. The van der Waals surface area contributed by atoms with Crippen molar-refractivity contribution in [3.63, 3.8) is 0 Å². The molecule has 1 aromatic carbocycles. The fraction of sp³-hybridized carbons (Fsp3) is 0.455. The highest BCUT2D eigenvalue weighted by atomic mass is 35.5. The maximum absolute atomic E-state index is 3.44. The van der Waals surface area contributed by atoms with Crippen molar-refractivity contribution in [3.05, 3.63) is 30.3 Å². The van der Waals surface area contributed by atoms with Gasteiger partial charge in [-0.1, -0.05) is 18.2 Å². The number of nitrogens with zero attached hydrogens (tertiary/aromatic N) is 1. The summed E-state index contributed by atoms with van der Waals surface area (Å²) in [5, 5.41) is 3.44. The maximum atomic E-state index is 3.44. The minimum atomic E-state index is 0. The molecule has 1 atom stereocenters. The molecule has 15 heavy (non-hydrogen) atoms. The molecule has 0 radical (unpaired) electrons. The zero-order valence-electron chi connectivity index (χ0n) is 8.85. The first-order valence-corrected chi connectivity index (χ1v) is 4.89. The van der Waals surface area contributed by atoms with Crippen LogP contribution in [0.5, 0.6) is 0 Å². The molecule has 2 rings (SSSR count). The normalized spacial score (nSPS) is 20.1. The van der Waals surface area contributed by atoms with Crippen molar-refractivity contribution in [2.24, 2.45) is 0 Å². The van der Waals surface area contributed by atoms with Crippen molar-refractivity contribution < 1.29 is 0 Å². The van der Waals surface area contributed by atoms with Crippen molar-refractivity contribution in [1.82, 2.24) is 5.32 Å². The Kier molecular flexibility index (Phi) is 6.73. The van der Waals surface area contributed by atoms with Gasteiger partial charge in [-0.2, -0.15) is 0 Å². The van der Waals surface area contributed by atoms with Gasteiger partial charge in [0.1, 0.15) is 0 Å². The van der Waals surface area contributed by atoms with Gasteiger partial charge in [0.15, 0.2) is 0 Å². The van der Waals surface area contributed by atoms with E-state index in [0.717, 1.165) is 19.6 Å². The third kappa shape index (κ3) is 3.90. The van der Waals surface area contributed by atoms with Gasteiger partial charge in [0.25, 0.3) is 0 Å². The van der Waals surface area contributed by atoms with Crippen LogP contribution in [0.15, 0.2) is 30.3 Å². The molecule has 0 spiro atoms. The Morgan fingerprint density at radius 2 is 1.87 bits per heavy atom. The molecule has 1 aromatic rings. The molecule has 0 aromatic heterocycles. The van der Waals surface area contributed by atoms with E-state index in [9.17, 15) is 0 Å². The predicted molar refractivity (Wildman–Crippen MR) is 70.6 cm³/mol. The molecule has 1 N–H and O–H groups in total. The number of halogens is 2.